The van der Waals surface area contributed by atoms with Gasteiger partial charge in [0.15, 0.2) is 0 Å². The summed E-state index contributed by atoms with van der Waals surface area (Å²) in [6.45, 7) is 4.22. The molecule has 0 fully saturated rings. The zero-order chi connectivity index (χ0) is 15.6. The fraction of sp³-hybridized carbons (Fsp3) is 0.286. The van der Waals surface area contributed by atoms with Gasteiger partial charge in [0.2, 0.25) is 10.0 Å². The van der Waals surface area contributed by atoms with Crippen LogP contribution < -0.4 is 5.73 Å². The third kappa shape index (κ3) is 3.40. The van der Waals surface area contributed by atoms with Gasteiger partial charge < -0.3 is 5.73 Å². The van der Waals surface area contributed by atoms with Gasteiger partial charge in [0.25, 0.3) is 0 Å². The van der Waals surface area contributed by atoms with Crippen LogP contribution in [0.5, 0.6) is 0 Å². The summed E-state index contributed by atoms with van der Waals surface area (Å²) in [5.74, 6) is 0. The molecule has 4 nitrogen and oxygen atoms in total. The molecule has 0 spiro atoms. The Balaban J connectivity index is 2.40. The highest BCUT2D eigenvalue weighted by Crippen LogP contribution is 2.29. The molecule has 0 unspecified atom stereocenters. The van der Waals surface area contributed by atoms with E-state index in [1.165, 1.54) is 15.6 Å². The molecular weight excluding hydrogens is 328 g/mol. The SMILES string of the molecule is CCN(Cc1ccc(Cl)s1)S(=O)(=O)c1c(C)cccc1N. The van der Waals surface area contributed by atoms with E-state index in [0.29, 0.717) is 23.0 Å². The minimum Gasteiger partial charge on any atom is -0.398 e. The van der Waals surface area contributed by atoms with Gasteiger partial charge in [-0.05, 0) is 30.7 Å². The number of nitrogens with two attached hydrogens (primary N) is 1. The van der Waals surface area contributed by atoms with Crippen molar-refractivity contribution in [2.24, 2.45) is 0 Å². The number of hydrogen-bond acceptors (Lipinski definition) is 4. The molecule has 1 aromatic carbocycles. The number of nitrogen functional groups attached to an aromatic ring is 1. The van der Waals surface area contributed by atoms with Crippen LogP contribution >= 0.6 is 22.9 Å². The van der Waals surface area contributed by atoms with Crippen LogP contribution in [0.4, 0.5) is 5.69 Å². The van der Waals surface area contributed by atoms with Crippen LogP contribution in [0.3, 0.4) is 0 Å². The van der Waals surface area contributed by atoms with Crippen LogP contribution in [-0.2, 0) is 16.6 Å². The number of nitrogens with zero attached hydrogens (tertiary/aromatic N) is 1. The predicted octanol–water partition coefficient (Wildman–Crippen LogP) is 3.50. The van der Waals surface area contributed by atoms with Crippen molar-refractivity contribution in [1.29, 1.82) is 0 Å². The van der Waals surface area contributed by atoms with Gasteiger partial charge in [-0.25, -0.2) is 8.42 Å². The van der Waals surface area contributed by atoms with Crippen molar-refractivity contribution in [1.82, 2.24) is 4.31 Å². The van der Waals surface area contributed by atoms with Crippen molar-refractivity contribution in [2.45, 2.75) is 25.3 Å². The standard InChI is InChI=1S/C14H17ClN2O2S2/c1-3-17(9-11-7-8-13(15)20-11)21(18,19)14-10(2)5-4-6-12(14)16/h4-8H,3,9,16H2,1-2H3. The lowest BCUT2D eigenvalue weighted by molar-refractivity contribution is 0.426. The zero-order valence-electron chi connectivity index (χ0n) is 11.8. The molecule has 2 rings (SSSR count). The summed E-state index contributed by atoms with van der Waals surface area (Å²) in [6, 6.07) is 8.71. The molecule has 0 aliphatic carbocycles. The summed E-state index contributed by atoms with van der Waals surface area (Å²) in [4.78, 5) is 1.09. The van der Waals surface area contributed by atoms with E-state index in [2.05, 4.69) is 0 Å². The average Bonchev–Trinajstić information content (AvgIpc) is 2.81. The fourth-order valence-electron chi connectivity index (χ4n) is 2.13. The largest absolute Gasteiger partial charge is 0.398 e. The summed E-state index contributed by atoms with van der Waals surface area (Å²) in [7, 11) is -3.63. The van der Waals surface area contributed by atoms with E-state index in [1.807, 2.05) is 6.07 Å². The second-order valence-electron chi connectivity index (χ2n) is 4.63. The normalized spacial score (nSPS) is 12.0. The van der Waals surface area contributed by atoms with E-state index in [9.17, 15) is 8.42 Å². The van der Waals surface area contributed by atoms with Gasteiger partial charge in [-0.3, -0.25) is 0 Å². The van der Waals surface area contributed by atoms with Gasteiger partial charge in [0, 0.05) is 18.0 Å². The molecule has 2 aromatic rings. The lowest BCUT2D eigenvalue weighted by atomic mass is 10.2. The fourth-order valence-corrected chi connectivity index (χ4v) is 5.07. The molecule has 114 valence electrons. The molecule has 0 bridgehead atoms. The lowest BCUT2D eigenvalue weighted by Gasteiger charge is -2.22. The zero-order valence-corrected chi connectivity index (χ0v) is 14.2. The summed E-state index contributed by atoms with van der Waals surface area (Å²) in [5, 5.41) is 0. The number of anilines is 1. The highest BCUT2D eigenvalue weighted by atomic mass is 35.5. The number of aryl methyl sites for hydroxylation is 1. The van der Waals surface area contributed by atoms with Crippen molar-refractivity contribution in [3.05, 3.63) is 45.1 Å². The first-order valence-corrected chi connectivity index (χ1v) is 9.09. The van der Waals surface area contributed by atoms with Gasteiger partial charge in [-0.15, -0.1) is 11.3 Å². The van der Waals surface area contributed by atoms with Crippen LogP contribution in [0.25, 0.3) is 0 Å². The van der Waals surface area contributed by atoms with Gasteiger partial charge >= 0.3 is 0 Å². The maximum absolute atomic E-state index is 12.8. The first-order chi connectivity index (χ1) is 9.86. The van der Waals surface area contributed by atoms with Crippen LogP contribution in [0, 0.1) is 6.92 Å². The second kappa shape index (κ2) is 6.36. The van der Waals surface area contributed by atoms with Crippen LogP contribution in [0.15, 0.2) is 35.2 Å². The maximum atomic E-state index is 12.8. The van der Waals surface area contributed by atoms with E-state index >= 15 is 0 Å². The topological polar surface area (TPSA) is 63.4 Å². The van der Waals surface area contributed by atoms with Crippen molar-refractivity contribution in [3.63, 3.8) is 0 Å². The molecule has 0 amide bonds. The summed E-state index contributed by atoms with van der Waals surface area (Å²) in [6.07, 6.45) is 0. The average molecular weight is 345 g/mol. The first kappa shape index (κ1) is 16.3. The van der Waals surface area contributed by atoms with Gasteiger partial charge in [-0.1, -0.05) is 30.7 Å². The molecule has 0 aliphatic rings. The number of rotatable bonds is 5. The molecule has 7 heteroatoms. The Hall–Kier alpha value is -1.08. The summed E-state index contributed by atoms with van der Waals surface area (Å²) < 4.78 is 27.7. The van der Waals surface area contributed by atoms with Gasteiger partial charge in [0.05, 0.1) is 10.0 Å². The summed E-state index contributed by atoms with van der Waals surface area (Å²) in [5.41, 5.74) is 6.80. The van der Waals surface area contributed by atoms with E-state index < -0.39 is 10.0 Å². The van der Waals surface area contributed by atoms with Crippen molar-refractivity contribution in [2.75, 3.05) is 12.3 Å². The van der Waals surface area contributed by atoms with E-state index in [-0.39, 0.29) is 10.6 Å². The molecule has 0 saturated heterocycles. The number of sulfonamides is 1. The van der Waals surface area contributed by atoms with Crippen LogP contribution in [0.2, 0.25) is 4.34 Å². The number of hydrogen-bond donors (Lipinski definition) is 1. The molecule has 0 saturated carbocycles. The monoisotopic (exact) mass is 344 g/mol. The Kier molecular flexibility index (Phi) is 4.93. The van der Waals surface area contributed by atoms with E-state index in [0.717, 1.165) is 4.88 Å². The number of thiophene rings is 1. The minimum atomic E-state index is -3.63. The molecule has 1 aromatic heterocycles. The Morgan fingerprint density at radius 2 is 2.00 bits per heavy atom. The second-order valence-corrected chi connectivity index (χ2v) is 8.30. The van der Waals surface area contributed by atoms with Crippen molar-refractivity contribution in [3.8, 4) is 0 Å². The molecule has 1 heterocycles. The Bertz CT molecular complexity index is 721. The number of benzene rings is 1. The van der Waals surface area contributed by atoms with E-state index in [4.69, 9.17) is 17.3 Å². The third-order valence-electron chi connectivity index (χ3n) is 3.15. The molecule has 0 radical (unpaired) electrons. The molecule has 0 atom stereocenters. The first-order valence-electron chi connectivity index (χ1n) is 6.45. The maximum Gasteiger partial charge on any atom is 0.245 e. The molecule has 21 heavy (non-hydrogen) atoms. The summed E-state index contributed by atoms with van der Waals surface area (Å²) >= 11 is 7.28. The molecular formula is C14H17ClN2O2S2. The minimum absolute atomic E-state index is 0.189. The van der Waals surface area contributed by atoms with Gasteiger partial charge in [0.1, 0.15) is 4.90 Å². The molecule has 0 aliphatic heterocycles. The third-order valence-corrected chi connectivity index (χ3v) is 6.51. The predicted molar refractivity (Wildman–Crippen MR) is 88.2 cm³/mol. The van der Waals surface area contributed by atoms with Crippen molar-refractivity contribution < 1.29 is 8.42 Å². The highest BCUT2D eigenvalue weighted by molar-refractivity contribution is 7.89. The van der Waals surface area contributed by atoms with Gasteiger partial charge in [-0.2, -0.15) is 4.31 Å². The highest BCUT2D eigenvalue weighted by Gasteiger charge is 2.27. The number of halogens is 1. The Labute approximate surface area is 134 Å². The Morgan fingerprint density at radius 1 is 1.29 bits per heavy atom. The smallest absolute Gasteiger partial charge is 0.245 e. The van der Waals surface area contributed by atoms with Crippen LogP contribution in [0.1, 0.15) is 17.4 Å². The van der Waals surface area contributed by atoms with E-state index in [1.54, 1.807) is 38.1 Å². The Morgan fingerprint density at radius 3 is 2.52 bits per heavy atom. The quantitative estimate of drug-likeness (QED) is 0.844. The van der Waals surface area contributed by atoms with Crippen LogP contribution in [-0.4, -0.2) is 19.3 Å². The lowest BCUT2D eigenvalue weighted by Crippen LogP contribution is -2.31. The van der Waals surface area contributed by atoms with Crippen molar-refractivity contribution >= 4 is 38.6 Å². The molecule has 2 N–H and O–H groups in total.